The van der Waals surface area contributed by atoms with Gasteiger partial charge in [0.15, 0.2) is 0 Å². The predicted octanol–water partition coefficient (Wildman–Crippen LogP) is 0.648. The normalized spacial score (nSPS) is 25.9. The topological polar surface area (TPSA) is 107 Å². The van der Waals surface area contributed by atoms with Crippen molar-refractivity contribution in [2.24, 2.45) is 0 Å². The number of aliphatic carboxylic acids is 1. The molecule has 8 nitrogen and oxygen atoms in total. The molecule has 2 N–H and O–H groups in total. The Morgan fingerprint density at radius 3 is 2.39 bits per heavy atom. The fraction of sp³-hybridized carbons (Fsp3) is 0.400. The number of hydrogen-bond acceptors (Lipinski definition) is 4. The van der Waals surface area contributed by atoms with Gasteiger partial charge in [0.05, 0.1) is 12.6 Å². The molecule has 1 saturated heterocycles. The van der Waals surface area contributed by atoms with Crippen LogP contribution in [0.2, 0.25) is 0 Å². The van der Waals surface area contributed by atoms with Crippen molar-refractivity contribution in [2.45, 2.75) is 37.9 Å². The number of carboxylic acid groups (broad SMARTS) is 1. The second kappa shape index (κ2) is 8.24. The van der Waals surface area contributed by atoms with Gasteiger partial charge in [-0.2, -0.15) is 0 Å². The van der Waals surface area contributed by atoms with Crippen LogP contribution in [0.4, 0.5) is 0 Å². The number of carboxylic acids is 1. The highest BCUT2D eigenvalue weighted by Gasteiger charge is 2.44. The summed E-state index contributed by atoms with van der Waals surface area (Å²) in [6.45, 7) is 1.60. The lowest BCUT2D eigenvalue weighted by atomic mass is 9.97. The van der Waals surface area contributed by atoms with Gasteiger partial charge in [0.1, 0.15) is 12.1 Å². The Morgan fingerprint density at radius 2 is 1.75 bits per heavy atom. The Hall–Kier alpha value is -3.16. The van der Waals surface area contributed by atoms with Gasteiger partial charge in [-0.1, -0.05) is 30.4 Å². The maximum absolute atomic E-state index is 13.2. The lowest BCUT2D eigenvalue weighted by molar-refractivity contribution is -0.160. The number of carbonyl (C=O) groups excluding carboxylic acids is 3. The highest BCUT2D eigenvalue weighted by Crippen LogP contribution is 2.23. The molecule has 3 amide bonds. The molecule has 3 rings (SSSR count). The molecule has 0 bridgehead atoms. The first kappa shape index (κ1) is 19.6. The van der Waals surface area contributed by atoms with E-state index in [9.17, 15) is 24.3 Å². The van der Waals surface area contributed by atoms with Gasteiger partial charge >= 0.3 is 5.97 Å². The van der Waals surface area contributed by atoms with E-state index in [2.05, 4.69) is 5.32 Å². The predicted molar refractivity (Wildman–Crippen MR) is 100 cm³/mol. The van der Waals surface area contributed by atoms with Gasteiger partial charge in [-0.15, -0.1) is 0 Å². The lowest BCUT2D eigenvalue weighted by Crippen LogP contribution is -2.66. The zero-order valence-corrected chi connectivity index (χ0v) is 15.6. The number of nitrogens with zero attached hydrogens (tertiary/aromatic N) is 2. The smallest absolute Gasteiger partial charge is 0.328 e. The first-order valence-corrected chi connectivity index (χ1v) is 9.20. The summed E-state index contributed by atoms with van der Waals surface area (Å²) >= 11 is 0. The van der Waals surface area contributed by atoms with Gasteiger partial charge < -0.3 is 20.2 Å². The van der Waals surface area contributed by atoms with Gasteiger partial charge in [-0.25, -0.2) is 4.79 Å². The highest BCUT2D eigenvalue weighted by atomic mass is 16.4. The van der Waals surface area contributed by atoms with E-state index in [0.29, 0.717) is 12.0 Å². The second-order valence-corrected chi connectivity index (χ2v) is 7.01. The van der Waals surface area contributed by atoms with Gasteiger partial charge in [0.25, 0.3) is 5.91 Å². The van der Waals surface area contributed by atoms with E-state index in [1.165, 1.54) is 16.7 Å². The molecule has 0 unspecified atom stereocenters. The Morgan fingerprint density at radius 1 is 1.07 bits per heavy atom. The zero-order valence-electron chi connectivity index (χ0n) is 15.6. The maximum Gasteiger partial charge on any atom is 0.328 e. The molecule has 0 aliphatic carbocycles. The molecule has 28 heavy (non-hydrogen) atoms. The van der Waals surface area contributed by atoms with Crippen molar-refractivity contribution >= 4 is 23.7 Å². The summed E-state index contributed by atoms with van der Waals surface area (Å²) in [5, 5.41) is 12.4. The monoisotopic (exact) mass is 385 g/mol. The maximum atomic E-state index is 13.2. The van der Waals surface area contributed by atoms with Crippen LogP contribution in [0, 0.1) is 0 Å². The number of piperazine rings is 1. The van der Waals surface area contributed by atoms with Crippen molar-refractivity contribution in [3.63, 3.8) is 0 Å². The van der Waals surface area contributed by atoms with Crippen LogP contribution >= 0.6 is 0 Å². The SMILES string of the molecule is CC(=O)N1C[C@@H]2C/C=C\C[C@H](NC(=O)c3ccccc3)C(=O)N2[C@H](C(=O)O)C1. The number of fused-ring (bicyclic) bond motifs is 1. The first-order chi connectivity index (χ1) is 13.4. The molecule has 1 aromatic rings. The highest BCUT2D eigenvalue weighted by molar-refractivity contribution is 5.98. The molecular weight excluding hydrogens is 362 g/mol. The zero-order chi connectivity index (χ0) is 20.3. The second-order valence-electron chi connectivity index (χ2n) is 7.01. The van der Waals surface area contributed by atoms with Crippen LogP contribution in [0.15, 0.2) is 42.5 Å². The largest absolute Gasteiger partial charge is 0.480 e. The van der Waals surface area contributed by atoms with Crippen molar-refractivity contribution in [3.05, 3.63) is 48.0 Å². The van der Waals surface area contributed by atoms with Gasteiger partial charge in [0.2, 0.25) is 11.8 Å². The van der Waals surface area contributed by atoms with Gasteiger partial charge in [-0.05, 0) is 25.0 Å². The fourth-order valence-electron chi connectivity index (χ4n) is 3.66. The van der Waals surface area contributed by atoms with Gasteiger partial charge in [-0.3, -0.25) is 14.4 Å². The summed E-state index contributed by atoms with van der Waals surface area (Å²) < 4.78 is 0. The minimum atomic E-state index is -1.16. The molecule has 0 aromatic heterocycles. The van der Waals surface area contributed by atoms with Crippen LogP contribution in [0.3, 0.4) is 0 Å². The van der Waals surface area contributed by atoms with Crippen molar-refractivity contribution in [1.82, 2.24) is 15.1 Å². The molecule has 2 aliphatic rings. The summed E-state index contributed by atoms with van der Waals surface area (Å²) in [4.78, 5) is 52.1. The van der Waals surface area contributed by atoms with Crippen LogP contribution in [0.1, 0.15) is 30.1 Å². The summed E-state index contributed by atoms with van der Waals surface area (Å²) in [5.41, 5.74) is 0.425. The third-order valence-electron chi connectivity index (χ3n) is 5.12. The van der Waals surface area contributed by atoms with Crippen molar-refractivity contribution in [3.8, 4) is 0 Å². The van der Waals surface area contributed by atoms with Crippen LogP contribution in [0.5, 0.6) is 0 Å². The molecule has 148 valence electrons. The lowest BCUT2D eigenvalue weighted by Gasteiger charge is -2.46. The van der Waals surface area contributed by atoms with Crippen LogP contribution in [0.25, 0.3) is 0 Å². The molecular formula is C20H23N3O5. The van der Waals surface area contributed by atoms with E-state index >= 15 is 0 Å². The molecule has 0 radical (unpaired) electrons. The van der Waals surface area contributed by atoms with E-state index in [0.717, 1.165) is 0 Å². The minimum Gasteiger partial charge on any atom is -0.480 e. The molecule has 8 heteroatoms. The molecule has 0 saturated carbocycles. The van der Waals surface area contributed by atoms with E-state index in [4.69, 9.17) is 0 Å². The Kier molecular flexibility index (Phi) is 5.77. The third kappa shape index (κ3) is 4.05. The van der Waals surface area contributed by atoms with Crippen LogP contribution in [-0.2, 0) is 14.4 Å². The Balaban J connectivity index is 1.86. The fourth-order valence-corrected chi connectivity index (χ4v) is 3.66. The average molecular weight is 385 g/mol. The van der Waals surface area contributed by atoms with E-state index in [1.807, 2.05) is 12.2 Å². The van der Waals surface area contributed by atoms with Crippen molar-refractivity contribution in [1.29, 1.82) is 0 Å². The van der Waals surface area contributed by atoms with E-state index in [-0.39, 0.29) is 25.4 Å². The Bertz CT molecular complexity index is 807. The first-order valence-electron chi connectivity index (χ1n) is 9.20. The number of benzene rings is 1. The molecule has 2 heterocycles. The van der Waals surface area contributed by atoms with Crippen molar-refractivity contribution in [2.75, 3.05) is 13.1 Å². The molecule has 0 spiro atoms. The average Bonchev–Trinajstić information content (AvgIpc) is 2.68. The molecule has 1 fully saturated rings. The third-order valence-corrected chi connectivity index (χ3v) is 5.12. The number of hydrogen-bond donors (Lipinski definition) is 2. The van der Waals surface area contributed by atoms with Crippen LogP contribution in [-0.4, -0.2) is 69.8 Å². The van der Waals surface area contributed by atoms with Gasteiger partial charge in [0, 0.05) is 19.0 Å². The quantitative estimate of drug-likeness (QED) is 0.743. The minimum absolute atomic E-state index is 0.0596. The van der Waals surface area contributed by atoms with E-state index in [1.54, 1.807) is 30.3 Å². The number of carbonyl (C=O) groups is 4. The van der Waals surface area contributed by atoms with Crippen LogP contribution < -0.4 is 5.32 Å². The van der Waals surface area contributed by atoms with Crippen molar-refractivity contribution < 1.29 is 24.3 Å². The summed E-state index contributed by atoms with van der Waals surface area (Å²) in [6.07, 6.45) is 4.42. The number of amides is 3. The standard InChI is InChI=1S/C20H23N3O5/c1-13(24)22-11-15-9-5-6-10-16(19(26)23(15)17(12-22)20(27)28)21-18(25)14-7-3-2-4-8-14/h2-8,15-17H,9-12H2,1H3,(H,21,25)(H,27,28)/b6-5-/t15-,16-,17-/m0/s1. The number of nitrogens with one attached hydrogen (secondary N) is 1. The molecule has 3 atom stereocenters. The molecule has 2 aliphatic heterocycles. The number of rotatable bonds is 3. The summed E-state index contributed by atoms with van der Waals surface area (Å²) in [6, 6.07) is 6.09. The summed E-state index contributed by atoms with van der Waals surface area (Å²) in [7, 11) is 0. The molecule has 1 aromatic carbocycles. The summed E-state index contributed by atoms with van der Waals surface area (Å²) in [5.74, 6) is -2.21. The van der Waals surface area contributed by atoms with E-state index < -0.39 is 35.9 Å². The Labute approximate surface area is 162 Å².